The number of amides is 1. The van der Waals surface area contributed by atoms with E-state index in [-0.39, 0.29) is 6.10 Å². The predicted molar refractivity (Wildman–Crippen MR) is 162 cm³/mol. The number of rotatable bonds is 11. The average Bonchev–Trinajstić information content (AvgIpc) is 3.24. The highest BCUT2D eigenvalue weighted by Crippen LogP contribution is 2.30. The predicted octanol–water partition coefficient (Wildman–Crippen LogP) is 2.95. The second kappa shape index (κ2) is 17.1. The first-order valence-electron chi connectivity index (χ1n) is 12.8. The minimum Gasteiger partial charge on any atom is -0.390 e. The van der Waals surface area contributed by atoms with Crippen molar-refractivity contribution in [2.24, 2.45) is 4.99 Å². The van der Waals surface area contributed by atoms with E-state index in [0.717, 1.165) is 70.7 Å². The van der Waals surface area contributed by atoms with Crippen LogP contribution >= 0.6 is 23.1 Å². The van der Waals surface area contributed by atoms with Gasteiger partial charge in [-0.15, -0.1) is 23.1 Å². The van der Waals surface area contributed by atoms with Crippen molar-refractivity contribution in [1.82, 2.24) is 25.1 Å². The van der Waals surface area contributed by atoms with Crippen LogP contribution in [0.25, 0.3) is 5.70 Å². The van der Waals surface area contributed by atoms with Crippen LogP contribution in [-0.2, 0) is 9.59 Å². The molecule has 10 nitrogen and oxygen atoms in total. The molecule has 1 amide bonds. The highest BCUT2D eigenvalue weighted by atomic mass is 32.2. The van der Waals surface area contributed by atoms with Gasteiger partial charge in [0.25, 0.3) is 0 Å². The van der Waals surface area contributed by atoms with Gasteiger partial charge < -0.3 is 25.4 Å². The van der Waals surface area contributed by atoms with Crippen LogP contribution in [0, 0.1) is 20.8 Å². The van der Waals surface area contributed by atoms with Gasteiger partial charge in [0.05, 0.1) is 33.3 Å². The van der Waals surface area contributed by atoms with Gasteiger partial charge in [-0.25, -0.2) is 9.97 Å². The molecule has 0 saturated carbocycles. The third kappa shape index (κ3) is 10.5. The summed E-state index contributed by atoms with van der Waals surface area (Å²) in [6, 6.07) is 4.80. The smallest absolute Gasteiger partial charge is 0.210 e. The van der Waals surface area contributed by atoms with E-state index in [0.29, 0.717) is 25.2 Å². The first-order valence-corrected chi connectivity index (χ1v) is 14.7. The number of nitrogens with one attached hydrogen (secondary N) is 2. The van der Waals surface area contributed by atoms with Gasteiger partial charge in [0.1, 0.15) is 12.1 Å². The minimum absolute atomic E-state index is 0.308. The number of anilines is 1. The van der Waals surface area contributed by atoms with Crippen LogP contribution in [0.15, 0.2) is 28.7 Å². The van der Waals surface area contributed by atoms with Crippen molar-refractivity contribution in [3.8, 4) is 0 Å². The molecule has 5 rings (SSSR count). The second-order valence-corrected chi connectivity index (χ2v) is 11.3. The second-order valence-electron chi connectivity index (χ2n) is 9.28. The van der Waals surface area contributed by atoms with E-state index in [9.17, 15) is 9.90 Å². The van der Waals surface area contributed by atoms with E-state index in [2.05, 4.69) is 37.2 Å². The van der Waals surface area contributed by atoms with E-state index in [4.69, 9.17) is 4.79 Å². The van der Waals surface area contributed by atoms with Crippen LogP contribution in [0.4, 0.5) is 5.82 Å². The number of aryl methyl sites for hydroxylation is 3. The van der Waals surface area contributed by atoms with Crippen LogP contribution in [0.5, 0.6) is 0 Å². The summed E-state index contributed by atoms with van der Waals surface area (Å²) in [6.45, 7) is 14.3. The van der Waals surface area contributed by atoms with Crippen molar-refractivity contribution < 1.29 is 14.7 Å². The molecular weight excluding hydrogens is 534 g/mol. The lowest BCUT2D eigenvalue weighted by atomic mass is 9.88. The number of carbonyl (C=O) groups excluding carboxylic acids is 2. The number of piperazine rings is 1. The topological polar surface area (TPSA) is 123 Å². The largest absolute Gasteiger partial charge is 0.390 e. The monoisotopic (exact) mass is 575 g/mol. The number of hydrogen-bond donors (Lipinski definition) is 3. The molecule has 12 heteroatoms. The van der Waals surface area contributed by atoms with Gasteiger partial charge in [0.2, 0.25) is 6.41 Å². The van der Waals surface area contributed by atoms with E-state index >= 15 is 0 Å². The van der Waals surface area contributed by atoms with Crippen molar-refractivity contribution in [2.75, 3.05) is 44.4 Å². The number of pyridine rings is 1. The highest BCUT2D eigenvalue weighted by Gasteiger charge is 2.43. The summed E-state index contributed by atoms with van der Waals surface area (Å²) in [6.07, 6.45) is 4.39. The molecule has 1 unspecified atom stereocenters. The molecule has 2 bridgehead atoms. The Hall–Kier alpha value is -2.64. The Labute approximate surface area is 240 Å². The Morgan fingerprint density at radius 2 is 2.00 bits per heavy atom. The molecule has 0 aliphatic carbocycles. The Morgan fingerprint density at radius 1 is 1.31 bits per heavy atom. The number of thioether (sulfide) groups is 1. The van der Waals surface area contributed by atoms with Crippen LogP contribution in [0.1, 0.15) is 34.5 Å². The summed E-state index contributed by atoms with van der Waals surface area (Å²) in [4.78, 5) is 37.6. The summed E-state index contributed by atoms with van der Waals surface area (Å²) in [5.41, 5.74) is 3.04. The summed E-state index contributed by atoms with van der Waals surface area (Å²) < 4.78 is 0. The molecule has 3 saturated heterocycles. The van der Waals surface area contributed by atoms with Crippen molar-refractivity contribution in [2.45, 2.75) is 52.3 Å². The third-order valence-corrected chi connectivity index (χ3v) is 7.90. The summed E-state index contributed by atoms with van der Waals surface area (Å²) >= 11 is 3.27. The van der Waals surface area contributed by atoms with Gasteiger partial charge in [0, 0.05) is 44.5 Å². The molecule has 5 heterocycles. The number of aliphatic imine (C=N–C) groups is 1. The van der Waals surface area contributed by atoms with Gasteiger partial charge in [-0.2, -0.15) is 0 Å². The van der Waals surface area contributed by atoms with Crippen LogP contribution < -0.4 is 10.6 Å². The first-order chi connectivity index (χ1) is 18.8. The molecule has 0 spiro atoms. The molecule has 3 fully saturated rings. The lowest BCUT2D eigenvalue weighted by Gasteiger charge is -2.55. The summed E-state index contributed by atoms with van der Waals surface area (Å²) in [5.74, 6) is 1.60. The number of aromatic nitrogens is 2. The van der Waals surface area contributed by atoms with Crippen molar-refractivity contribution >= 4 is 54.0 Å². The standard InChI is InChI=1S/C15H18N4S2.C10H19N3O2.C2H4O/c1-10-5-6-14(17-7-10)18-9-20-8-13(16-4)15-11(2)19-12(3)21-15;1-11-3-10(15)6-12-4-8-2-9(5-12)13(8)7-14;1-2-3/h5-8H,4,9H2,1-3H3,(H,17,18);7-11,15H,2-6H2,1H3;2H,1H3/b13-8-;;/t;8-,9+,10?;. The van der Waals surface area contributed by atoms with Gasteiger partial charge >= 0.3 is 0 Å². The Kier molecular flexibility index (Phi) is 14.3. The lowest BCUT2D eigenvalue weighted by Crippen LogP contribution is -2.68. The van der Waals surface area contributed by atoms with E-state index in [1.54, 1.807) is 23.1 Å². The number of likely N-dealkylation sites (N-methyl/N-ethyl adjacent to an activating group) is 1. The average molecular weight is 576 g/mol. The maximum absolute atomic E-state index is 10.7. The Balaban J connectivity index is 0.000000259. The molecule has 3 aliphatic heterocycles. The number of fused-ring (bicyclic) bond motifs is 2. The van der Waals surface area contributed by atoms with E-state index < -0.39 is 0 Å². The molecule has 3 aliphatic rings. The van der Waals surface area contributed by atoms with Gasteiger partial charge in [-0.3, -0.25) is 14.7 Å². The zero-order valence-corrected chi connectivity index (χ0v) is 25.1. The lowest BCUT2D eigenvalue weighted by molar-refractivity contribution is -0.140. The summed E-state index contributed by atoms with van der Waals surface area (Å²) in [5, 5.41) is 18.9. The SMILES string of the molecule is C=N/C(=C\SCNc1ccc(C)cn1)c1sc(C)nc1C.CC=O.CNCC(O)CN1C[C@H]2C[C@@H](C1)N2C=O. The summed E-state index contributed by atoms with van der Waals surface area (Å²) in [7, 11) is 1.84. The number of aliphatic hydroxyl groups excluding tert-OH is 1. The maximum Gasteiger partial charge on any atom is 0.210 e. The molecule has 0 radical (unpaired) electrons. The third-order valence-electron chi connectivity index (χ3n) is 6.11. The molecule has 2 aromatic rings. The van der Waals surface area contributed by atoms with Gasteiger partial charge in [-0.05, 0) is 64.9 Å². The Bertz CT molecular complexity index is 1070. The highest BCUT2D eigenvalue weighted by molar-refractivity contribution is 8.02. The molecule has 214 valence electrons. The van der Waals surface area contributed by atoms with E-state index in [1.807, 2.05) is 56.5 Å². The minimum atomic E-state index is -0.308. The fourth-order valence-electron chi connectivity index (χ4n) is 4.39. The molecule has 2 aromatic heterocycles. The number of aldehydes is 1. The zero-order valence-electron chi connectivity index (χ0n) is 23.5. The van der Waals surface area contributed by atoms with Crippen molar-refractivity contribution in [3.63, 3.8) is 0 Å². The zero-order chi connectivity index (χ0) is 28.8. The molecule has 3 atom stereocenters. The maximum atomic E-state index is 10.7. The van der Waals surface area contributed by atoms with Crippen molar-refractivity contribution in [1.29, 1.82) is 0 Å². The molecule has 0 aromatic carbocycles. The number of hydrogen-bond acceptors (Lipinski definition) is 11. The number of carbonyl (C=O) groups is 2. The van der Waals surface area contributed by atoms with E-state index in [1.165, 1.54) is 6.92 Å². The first kappa shape index (κ1) is 32.6. The van der Waals surface area contributed by atoms with Crippen LogP contribution in [0.2, 0.25) is 0 Å². The molecule has 39 heavy (non-hydrogen) atoms. The molecular formula is C27H41N7O3S2. The van der Waals surface area contributed by atoms with Crippen LogP contribution in [0.3, 0.4) is 0 Å². The van der Waals surface area contributed by atoms with Crippen LogP contribution in [-0.4, -0.2) is 102 Å². The number of thiazole rings is 1. The fraction of sp³-hybridized carbons (Fsp3) is 0.519. The fourth-order valence-corrected chi connectivity index (χ4v) is 6.02. The van der Waals surface area contributed by atoms with Gasteiger partial charge in [0.15, 0.2) is 0 Å². The molecule has 3 N–H and O–H groups in total. The van der Waals surface area contributed by atoms with Gasteiger partial charge in [-0.1, -0.05) is 6.07 Å². The quantitative estimate of drug-likeness (QED) is 0.161. The normalized spacial score (nSPS) is 18.9. The number of piperidine rings is 1. The van der Waals surface area contributed by atoms with Crippen molar-refractivity contribution in [3.05, 3.63) is 44.9 Å². The number of aliphatic hydroxyl groups is 1. The number of nitrogens with zero attached hydrogens (tertiary/aromatic N) is 5. The Morgan fingerprint density at radius 3 is 2.51 bits per heavy atom.